The Balaban J connectivity index is 2.31. The van der Waals surface area contributed by atoms with E-state index in [9.17, 15) is 0 Å². The zero-order valence-corrected chi connectivity index (χ0v) is 10.5. The average Bonchev–Trinajstić information content (AvgIpc) is 3.11. The van der Waals surface area contributed by atoms with Crippen LogP contribution < -0.4 is 4.74 Å². The Bertz CT molecular complexity index is 597. The largest absolute Gasteiger partial charge is 0.496 e. The molecule has 0 amide bonds. The zero-order chi connectivity index (χ0) is 12.0. The number of nitrogens with zero attached hydrogens (tertiary/aromatic N) is 1. The van der Waals surface area contributed by atoms with Crippen LogP contribution in [0.5, 0.6) is 5.75 Å². The number of fused-ring (bicyclic) bond motifs is 1. The van der Waals surface area contributed by atoms with E-state index in [1.807, 2.05) is 6.07 Å². The molecule has 1 atom stereocenters. The zero-order valence-electron chi connectivity index (χ0n) is 9.04. The number of hydrogen-bond acceptors (Lipinski definition) is 3. The summed E-state index contributed by atoms with van der Waals surface area (Å²) in [5.41, 5.74) is 1.54. The Labute approximate surface area is 108 Å². The van der Waals surface area contributed by atoms with Gasteiger partial charge in [0.1, 0.15) is 11.9 Å². The van der Waals surface area contributed by atoms with Gasteiger partial charge in [0.15, 0.2) is 0 Å². The topological polar surface area (TPSA) is 34.6 Å². The first-order valence-corrected chi connectivity index (χ1v) is 5.90. The van der Waals surface area contributed by atoms with Crippen molar-refractivity contribution < 1.29 is 9.47 Å². The van der Waals surface area contributed by atoms with Crippen molar-refractivity contribution in [2.45, 2.75) is 6.10 Å². The van der Waals surface area contributed by atoms with Crippen molar-refractivity contribution in [2.24, 2.45) is 0 Å². The van der Waals surface area contributed by atoms with Crippen LogP contribution in [0.4, 0.5) is 0 Å². The number of aromatic nitrogens is 1. The predicted octanol–water partition coefficient (Wildman–Crippen LogP) is 3.62. The Hall–Kier alpha value is -1.03. The van der Waals surface area contributed by atoms with E-state index in [1.54, 1.807) is 19.2 Å². The van der Waals surface area contributed by atoms with Crippen molar-refractivity contribution in [1.82, 2.24) is 4.98 Å². The molecule has 2 heterocycles. The summed E-state index contributed by atoms with van der Waals surface area (Å²) in [6.07, 6.45) is 0.0695. The van der Waals surface area contributed by atoms with Crippen LogP contribution in [0.15, 0.2) is 18.2 Å². The van der Waals surface area contributed by atoms with Crippen molar-refractivity contribution in [3.05, 3.63) is 33.9 Å². The van der Waals surface area contributed by atoms with E-state index < -0.39 is 0 Å². The van der Waals surface area contributed by atoms with Crippen molar-refractivity contribution in [2.75, 3.05) is 13.7 Å². The summed E-state index contributed by atoms with van der Waals surface area (Å²) in [6.45, 7) is 0.701. The first kappa shape index (κ1) is 11.1. The maximum absolute atomic E-state index is 6.15. The molecule has 1 aromatic carbocycles. The highest BCUT2D eigenvalue weighted by Crippen LogP contribution is 2.37. The molecule has 1 aromatic heterocycles. The van der Waals surface area contributed by atoms with Crippen LogP contribution >= 0.6 is 23.2 Å². The number of rotatable bonds is 2. The monoisotopic (exact) mass is 269 g/mol. The molecule has 0 radical (unpaired) electrons. The Morgan fingerprint density at radius 1 is 1.35 bits per heavy atom. The lowest BCUT2D eigenvalue weighted by Gasteiger charge is -2.09. The van der Waals surface area contributed by atoms with Gasteiger partial charge in [-0.1, -0.05) is 23.2 Å². The highest BCUT2D eigenvalue weighted by Gasteiger charge is 2.28. The number of pyridine rings is 1. The summed E-state index contributed by atoms with van der Waals surface area (Å²) in [5.74, 6) is 0.713. The third-order valence-corrected chi connectivity index (χ3v) is 3.20. The fourth-order valence-electron chi connectivity index (χ4n) is 1.79. The van der Waals surface area contributed by atoms with Gasteiger partial charge in [0.2, 0.25) is 0 Å². The number of hydrogen-bond donors (Lipinski definition) is 0. The van der Waals surface area contributed by atoms with Gasteiger partial charge < -0.3 is 9.47 Å². The second-order valence-electron chi connectivity index (χ2n) is 3.86. The van der Waals surface area contributed by atoms with Crippen molar-refractivity contribution in [3.63, 3.8) is 0 Å². The molecule has 1 fully saturated rings. The summed E-state index contributed by atoms with van der Waals surface area (Å²) in [5, 5.41) is 1.90. The Kier molecular flexibility index (Phi) is 2.62. The molecule has 0 aliphatic carbocycles. The third kappa shape index (κ3) is 1.95. The van der Waals surface area contributed by atoms with Gasteiger partial charge in [-0.25, -0.2) is 4.98 Å². The van der Waals surface area contributed by atoms with Crippen molar-refractivity contribution >= 4 is 34.1 Å². The molecule has 88 valence electrons. The second kappa shape index (κ2) is 4.02. The smallest absolute Gasteiger partial charge is 0.130 e. The van der Waals surface area contributed by atoms with Gasteiger partial charge in [0.05, 0.1) is 29.9 Å². The highest BCUT2D eigenvalue weighted by molar-refractivity contribution is 6.38. The number of ether oxygens (including phenoxy) is 2. The van der Waals surface area contributed by atoms with E-state index in [1.165, 1.54) is 0 Å². The maximum atomic E-state index is 6.15. The van der Waals surface area contributed by atoms with Crippen LogP contribution in [0.25, 0.3) is 10.9 Å². The molecule has 0 N–H and O–H groups in total. The molecule has 3 nitrogen and oxygen atoms in total. The van der Waals surface area contributed by atoms with E-state index in [-0.39, 0.29) is 6.10 Å². The predicted molar refractivity (Wildman–Crippen MR) is 67.0 cm³/mol. The van der Waals surface area contributed by atoms with E-state index in [2.05, 4.69) is 4.98 Å². The quantitative estimate of drug-likeness (QED) is 0.781. The fourth-order valence-corrected chi connectivity index (χ4v) is 2.33. The van der Waals surface area contributed by atoms with Gasteiger partial charge in [-0.2, -0.15) is 0 Å². The highest BCUT2D eigenvalue weighted by atomic mass is 35.5. The van der Waals surface area contributed by atoms with Gasteiger partial charge in [-0.15, -0.1) is 0 Å². The molecule has 1 aliphatic heterocycles. The molecule has 0 saturated carbocycles. The minimum absolute atomic E-state index is 0.0695. The Morgan fingerprint density at radius 3 is 2.76 bits per heavy atom. The average molecular weight is 270 g/mol. The maximum Gasteiger partial charge on any atom is 0.130 e. The molecule has 1 saturated heterocycles. The van der Waals surface area contributed by atoms with Gasteiger partial charge in [-0.05, 0) is 12.1 Å². The molecule has 17 heavy (non-hydrogen) atoms. The summed E-state index contributed by atoms with van der Waals surface area (Å²) >= 11 is 12.1. The van der Waals surface area contributed by atoms with Gasteiger partial charge in [0.25, 0.3) is 0 Å². The normalized spacial score (nSPS) is 18.4. The van der Waals surface area contributed by atoms with Gasteiger partial charge >= 0.3 is 0 Å². The van der Waals surface area contributed by atoms with Crippen LogP contribution in [0, 0.1) is 0 Å². The number of methoxy groups -OCH3 is 1. The van der Waals surface area contributed by atoms with Gasteiger partial charge in [-0.3, -0.25) is 0 Å². The molecule has 3 rings (SSSR count). The SMILES string of the molecule is COc1cc(C2CO2)nc2c(Cl)cc(Cl)cc12. The summed E-state index contributed by atoms with van der Waals surface area (Å²) in [7, 11) is 1.61. The van der Waals surface area contributed by atoms with Crippen LogP contribution in [-0.4, -0.2) is 18.7 Å². The summed E-state index contributed by atoms with van der Waals surface area (Å²) in [6, 6.07) is 5.34. The minimum Gasteiger partial charge on any atom is -0.496 e. The van der Waals surface area contributed by atoms with Crippen molar-refractivity contribution in [3.8, 4) is 5.75 Å². The van der Waals surface area contributed by atoms with E-state index in [4.69, 9.17) is 32.7 Å². The number of halogens is 2. The van der Waals surface area contributed by atoms with E-state index in [0.29, 0.717) is 27.9 Å². The first-order chi connectivity index (χ1) is 8.19. The molecule has 1 unspecified atom stereocenters. The lowest BCUT2D eigenvalue weighted by Crippen LogP contribution is -1.94. The molecule has 2 aromatic rings. The van der Waals surface area contributed by atoms with Crippen LogP contribution in [0.1, 0.15) is 11.8 Å². The van der Waals surface area contributed by atoms with Crippen LogP contribution in [-0.2, 0) is 4.74 Å². The molecular weight excluding hydrogens is 261 g/mol. The third-order valence-electron chi connectivity index (χ3n) is 2.70. The van der Waals surface area contributed by atoms with E-state index >= 15 is 0 Å². The summed E-state index contributed by atoms with van der Waals surface area (Å²) in [4.78, 5) is 4.49. The molecule has 5 heteroatoms. The lowest BCUT2D eigenvalue weighted by molar-refractivity contribution is 0.404. The van der Waals surface area contributed by atoms with Crippen LogP contribution in [0.3, 0.4) is 0 Å². The standard InChI is InChI=1S/C12H9Cl2NO2/c1-16-10-4-9(11-5-17-11)15-12-7(10)2-6(13)3-8(12)14/h2-4,11H,5H2,1H3. The Morgan fingerprint density at radius 2 is 2.12 bits per heavy atom. The fraction of sp³-hybridized carbons (Fsp3) is 0.250. The van der Waals surface area contributed by atoms with Crippen LogP contribution in [0.2, 0.25) is 10.0 Å². The second-order valence-corrected chi connectivity index (χ2v) is 4.70. The molecule has 0 bridgehead atoms. The first-order valence-electron chi connectivity index (χ1n) is 5.14. The molecule has 1 aliphatic rings. The van der Waals surface area contributed by atoms with E-state index in [0.717, 1.165) is 11.1 Å². The lowest BCUT2D eigenvalue weighted by atomic mass is 10.1. The molecule has 0 spiro atoms. The summed E-state index contributed by atoms with van der Waals surface area (Å²) < 4.78 is 10.6. The number of epoxide rings is 1. The van der Waals surface area contributed by atoms with Gasteiger partial charge in [0, 0.05) is 16.5 Å². The van der Waals surface area contributed by atoms with Crippen molar-refractivity contribution in [1.29, 1.82) is 0 Å². The molecular formula is C12H9Cl2NO2. The number of benzene rings is 1. The minimum atomic E-state index is 0.0695.